The molecule has 0 radical (unpaired) electrons. The van der Waals surface area contributed by atoms with Gasteiger partial charge in [0.05, 0.1) is 6.42 Å². The molecule has 156 valence electrons. The second kappa shape index (κ2) is 10.5. The second-order valence-corrected chi connectivity index (χ2v) is 8.96. The molecule has 4 unspecified atom stereocenters. The lowest BCUT2D eigenvalue weighted by molar-refractivity contribution is -0.131. The summed E-state index contributed by atoms with van der Waals surface area (Å²) in [6.07, 6.45) is 18.2. The van der Waals surface area contributed by atoms with Crippen LogP contribution in [-0.4, -0.2) is 18.9 Å². The van der Waals surface area contributed by atoms with Crippen LogP contribution in [0, 0.1) is 40.4 Å². The average Bonchev–Trinajstić information content (AvgIpc) is 2.73. The van der Waals surface area contributed by atoms with E-state index in [1.807, 2.05) is 6.08 Å². The maximum Gasteiger partial charge on any atom is 0.131 e. The van der Waals surface area contributed by atoms with Gasteiger partial charge in [0.2, 0.25) is 0 Å². The number of carbonyl (C=O) groups excluding carboxylic acids is 3. The predicted molar refractivity (Wildman–Crippen MR) is 117 cm³/mol. The van der Waals surface area contributed by atoms with Crippen molar-refractivity contribution in [3.05, 3.63) is 36.0 Å². The van der Waals surface area contributed by atoms with Gasteiger partial charge >= 0.3 is 0 Å². The first kappa shape index (κ1) is 23.1. The zero-order chi connectivity index (χ0) is 21.3. The van der Waals surface area contributed by atoms with Crippen molar-refractivity contribution in [1.82, 2.24) is 0 Å². The Balaban J connectivity index is 2.38. The third-order valence-electron chi connectivity index (χ3n) is 6.63. The minimum absolute atomic E-state index is 0.108. The first-order valence-corrected chi connectivity index (χ1v) is 10.8. The molecule has 3 nitrogen and oxygen atoms in total. The summed E-state index contributed by atoms with van der Waals surface area (Å²) in [7, 11) is 0. The number of rotatable bonds is 8. The third-order valence-corrected chi connectivity index (χ3v) is 6.63. The first-order chi connectivity index (χ1) is 13.9. The molecule has 0 heterocycles. The normalized spacial score (nSPS) is 30.3. The van der Waals surface area contributed by atoms with E-state index in [1.54, 1.807) is 0 Å². The highest BCUT2D eigenvalue weighted by Crippen LogP contribution is 2.53. The van der Waals surface area contributed by atoms with E-state index in [-0.39, 0.29) is 18.3 Å². The maximum absolute atomic E-state index is 12.5. The Morgan fingerprint density at radius 3 is 2.52 bits per heavy atom. The number of allylic oxidation sites excluding steroid dienone is 6. The molecule has 0 aromatic heterocycles. The Morgan fingerprint density at radius 2 is 1.97 bits per heavy atom. The topological polar surface area (TPSA) is 51.2 Å². The number of hydrogen-bond donors (Lipinski definition) is 0. The monoisotopic (exact) mass is 394 g/mol. The Morgan fingerprint density at radius 1 is 1.17 bits per heavy atom. The molecule has 0 fully saturated rings. The van der Waals surface area contributed by atoms with E-state index in [2.05, 4.69) is 56.9 Å². The van der Waals surface area contributed by atoms with Gasteiger partial charge in [0.25, 0.3) is 0 Å². The molecular weight excluding hydrogens is 360 g/mol. The summed E-state index contributed by atoms with van der Waals surface area (Å²) >= 11 is 0. The minimum atomic E-state index is -0.686. The van der Waals surface area contributed by atoms with Gasteiger partial charge in [0.15, 0.2) is 0 Å². The van der Waals surface area contributed by atoms with Crippen LogP contribution in [-0.2, 0) is 14.4 Å². The van der Waals surface area contributed by atoms with Crippen molar-refractivity contribution in [3.8, 4) is 11.8 Å². The van der Waals surface area contributed by atoms with Gasteiger partial charge in [-0.2, -0.15) is 0 Å². The molecule has 2 aliphatic carbocycles. The van der Waals surface area contributed by atoms with Gasteiger partial charge in [-0.25, -0.2) is 0 Å². The van der Waals surface area contributed by atoms with Gasteiger partial charge in [-0.15, -0.1) is 0 Å². The maximum atomic E-state index is 12.5. The molecular formula is C26H34O3. The van der Waals surface area contributed by atoms with E-state index in [4.69, 9.17) is 0 Å². The van der Waals surface area contributed by atoms with Crippen LogP contribution < -0.4 is 0 Å². The van der Waals surface area contributed by atoms with Crippen LogP contribution in [0.25, 0.3) is 0 Å². The smallest absolute Gasteiger partial charge is 0.131 e. The number of hydrogen-bond acceptors (Lipinski definition) is 3. The van der Waals surface area contributed by atoms with Crippen molar-refractivity contribution in [2.45, 2.75) is 65.7 Å². The van der Waals surface area contributed by atoms with Crippen molar-refractivity contribution >= 4 is 18.9 Å². The van der Waals surface area contributed by atoms with Crippen LogP contribution in [0.5, 0.6) is 0 Å². The standard InChI is InChI=1S/C26H34O3/c1-21(2)9-8-11-23-13-16-25(19-28,17-14-23)24(12-5-7-18-27)26(20-29)15-6-4-10-22(26)3/h4,6,8-9,13,18-22,24H,7,10-11,14-17H2,1-3H3. The van der Waals surface area contributed by atoms with Crippen LogP contribution in [0.1, 0.15) is 65.7 Å². The van der Waals surface area contributed by atoms with Gasteiger partial charge in [-0.05, 0) is 50.4 Å². The molecule has 0 aliphatic heterocycles. The highest BCUT2D eigenvalue weighted by atomic mass is 16.1. The van der Waals surface area contributed by atoms with Crippen molar-refractivity contribution in [2.24, 2.45) is 28.6 Å². The summed E-state index contributed by atoms with van der Waals surface area (Å²) in [5, 5.41) is 0. The summed E-state index contributed by atoms with van der Waals surface area (Å²) in [6, 6.07) is 0. The molecule has 0 aromatic carbocycles. The van der Waals surface area contributed by atoms with E-state index >= 15 is 0 Å². The highest BCUT2D eigenvalue weighted by Gasteiger charge is 2.53. The molecule has 4 atom stereocenters. The molecule has 3 heteroatoms. The quantitative estimate of drug-likeness (QED) is 0.320. The van der Waals surface area contributed by atoms with Gasteiger partial charge in [-0.3, -0.25) is 0 Å². The molecule has 0 saturated carbocycles. The van der Waals surface area contributed by atoms with Gasteiger partial charge < -0.3 is 14.4 Å². The van der Waals surface area contributed by atoms with Gasteiger partial charge in [0.1, 0.15) is 18.9 Å². The molecule has 0 saturated heterocycles. The van der Waals surface area contributed by atoms with Crippen LogP contribution in [0.15, 0.2) is 36.0 Å². The van der Waals surface area contributed by atoms with E-state index in [1.165, 1.54) is 5.57 Å². The van der Waals surface area contributed by atoms with Gasteiger partial charge in [0, 0.05) is 16.7 Å². The van der Waals surface area contributed by atoms with E-state index < -0.39 is 10.8 Å². The second-order valence-electron chi connectivity index (χ2n) is 8.96. The molecule has 0 aromatic rings. The van der Waals surface area contributed by atoms with Crippen LogP contribution in [0.2, 0.25) is 0 Å². The Bertz CT molecular complexity index is 746. The third kappa shape index (κ3) is 5.24. The zero-order valence-electron chi connectivity index (χ0n) is 18.0. The van der Waals surface area contributed by atoms with Crippen molar-refractivity contribution in [3.63, 3.8) is 0 Å². The lowest BCUT2D eigenvalue weighted by atomic mass is 9.52. The SMILES string of the molecule is CC(C)C=CCC1=CCC(C=O)(C(C#CCC=O)C2(C=O)CC=CCC2C)CC1. The van der Waals surface area contributed by atoms with E-state index in [9.17, 15) is 14.4 Å². The van der Waals surface area contributed by atoms with Crippen LogP contribution in [0.4, 0.5) is 0 Å². The number of carbonyl (C=O) groups is 3. The fraction of sp³-hybridized carbons (Fsp3) is 0.577. The Kier molecular flexibility index (Phi) is 8.38. The lowest BCUT2D eigenvalue weighted by Gasteiger charge is -2.48. The van der Waals surface area contributed by atoms with Crippen LogP contribution >= 0.6 is 0 Å². The molecule has 0 spiro atoms. The average molecular weight is 395 g/mol. The number of aldehydes is 3. The fourth-order valence-corrected chi connectivity index (χ4v) is 4.71. The summed E-state index contributed by atoms with van der Waals surface area (Å²) < 4.78 is 0. The van der Waals surface area contributed by atoms with Crippen molar-refractivity contribution in [1.29, 1.82) is 0 Å². The first-order valence-electron chi connectivity index (χ1n) is 10.8. The highest BCUT2D eigenvalue weighted by molar-refractivity contribution is 5.69. The molecule has 2 aliphatic rings. The molecule has 0 bridgehead atoms. The predicted octanol–water partition coefficient (Wildman–Crippen LogP) is 5.26. The summed E-state index contributed by atoms with van der Waals surface area (Å²) in [6.45, 7) is 6.39. The summed E-state index contributed by atoms with van der Waals surface area (Å²) in [5.74, 6) is 6.42. The molecule has 2 rings (SSSR count). The zero-order valence-corrected chi connectivity index (χ0v) is 18.0. The van der Waals surface area contributed by atoms with E-state index in [0.29, 0.717) is 25.2 Å². The lowest BCUT2D eigenvalue weighted by Crippen LogP contribution is -2.49. The summed E-state index contributed by atoms with van der Waals surface area (Å²) in [5.41, 5.74) is -0.0219. The fourth-order valence-electron chi connectivity index (χ4n) is 4.71. The largest absolute Gasteiger partial charge is 0.303 e. The Labute approximate surface area is 175 Å². The Hall–Kier alpha value is -2.21. The van der Waals surface area contributed by atoms with E-state index in [0.717, 1.165) is 38.1 Å². The van der Waals surface area contributed by atoms with Crippen molar-refractivity contribution < 1.29 is 14.4 Å². The molecule has 0 amide bonds. The molecule has 0 N–H and O–H groups in total. The van der Waals surface area contributed by atoms with Crippen molar-refractivity contribution in [2.75, 3.05) is 0 Å². The minimum Gasteiger partial charge on any atom is -0.303 e. The molecule has 29 heavy (non-hydrogen) atoms. The van der Waals surface area contributed by atoms with Gasteiger partial charge in [-0.1, -0.05) is 68.6 Å². The summed E-state index contributed by atoms with van der Waals surface area (Å²) in [4.78, 5) is 35.7. The van der Waals surface area contributed by atoms with Crippen LogP contribution in [0.3, 0.4) is 0 Å².